The maximum atomic E-state index is 12.5. The Morgan fingerprint density at radius 1 is 1.12 bits per heavy atom. The molecule has 1 N–H and O–H groups in total. The van der Waals surface area contributed by atoms with Crippen molar-refractivity contribution in [3.05, 3.63) is 57.6 Å². The van der Waals surface area contributed by atoms with Crippen LogP contribution in [-0.4, -0.2) is 23.2 Å². The number of amides is 1. The zero-order chi connectivity index (χ0) is 18.8. The van der Waals surface area contributed by atoms with Crippen molar-refractivity contribution in [3.8, 4) is 16.3 Å². The Morgan fingerprint density at radius 3 is 2.46 bits per heavy atom. The summed E-state index contributed by atoms with van der Waals surface area (Å²) < 4.78 is 5.39. The highest BCUT2D eigenvalue weighted by atomic mass is 35.5. The molecule has 0 saturated carbocycles. The van der Waals surface area contributed by atoms with Crippen LogP contribution in [0.15, 0.2) is 30.3 Å². The van der Waals surface area contributed by atoms with Gasteiger partial charge in [-0.15, -0.1) is 10.2 Å². The van der Waals surface area contributed by atoms with E-state index in [9.17, 15) is 4.79 Å². The largest absolute Gasteiger partial charge is 0.496 e. The number of benzene rings is 2. The SMILES string of the molecule is COc1c(C)cc(-c2nnc(NC(=O)c3cccc(C)c3Cl)s2)cc1C. The van der Waals surface area contributed by atoms with Gasteiger partial charge in [0.25, 0.3) is 5.91 Å². The number of nitrogens with one attached hydrogen (secondary N) is 1. The summed E-state index contributed by atoms with van der Waals surface area (Å²) in [5.41, 5.74) is 4.25. The molecule has 0 aliphatic carbocycles. The van der Waals surface area contributed by atoms with Crippen molar-refractivity contribution >= 4 is 34.0 Å². The summed E-state index contributed by atoms with van der Waals surface area (Å²) in [6, 6.07) is 9.33. The Balaban J connectivity index is 1.84. The number of hydrogen-bond donors (Lipinski definition) is 1. The van der Waals surface area contributed by atoms with Gasteiger partial charge in [-0.25, -0.2) is 0 Å². The third kappa shape index (κ3) is 3.57. The Bertz CT molecular complexity index is 962. The van der Waals surface area contributed by atoms with E-state index in [2.05, 4.69) is 15.5 Å². The highest BCUT2D eigenvalue weighted by molar-refractivity contribution is 7.18. The molecule has 0 bridgehead atoms. The molecule has 0 aliphatic rings. The van der Waals surface area contributed by atoms with E-state index < -0.39 is 0 Å². The van der Waals surface area contributed by atoms with Crippen LogP contribution < -0.4 is 10.1 Å². The van der Waals surface area contributed by atoms with Crippen LogP contribution in [0.3, 0.4) is 0 Å². The number of halogens is 1. The molecule has 1 heterocycles. The first kappa shape index (κ1) is 18.4. The molecule has 3 rings (SSSR count). The Morgan fingerprint density at radius 2 is 1.81 bits per heavy atom. The van der Waals surface area contributed by atoms with Gasteiger partial charge < -0.3 is 4.74 Å². The van der Waals surface area contributed by atoms with E-state index in [0.29, 0.717) is 15.7 Å². The van der Waals surface area contributed by atoms with E-state index >= 15 is 0 Å². The maximum Gasteiger partial charge on any atom is 0.259 e. The van der Waals surface area contributed by atoms with Gasteiger partial charge in [0.05, 0.1) is 17.7 Å². The normalized spacial score (nSPS) is 10.7. The fourth-order valence-corrected chi connectivity index (χ4v) is 3.71. The monoisotopic (exact) mass is 387 g/mol. The summed E-state index contributed by atoms with van der Waals surface area (Å²) in [7, 11) is 1.66. The first-order valence-corrected chi connectivity index (χ1v) is 9.15. The zero-order valence-electron chi connectivity index (χ0n) is 14.9. The lowest BCUT2D eigenvalue weighted by Crippen LogP contribution is -2.12. The maximum absolute atomic E-state index is 12.5. The van der Waals surface area contributed by atoms with Crippen molar-refractivity contribution in [2.24, 2.45) is 0 Å². The van der Waals surface area contributed by atoms with Crippen LogP contribution in [0, 0.1) is 20.8 Å². The summed E-state index contributed by atoms with van der Waals surface area (Å²) in [4.78, 5) is 12.5. The number of ether oxygens (including phenoxy) is 1. The van der Waals surface area contributed by atoms with Crippen molar-refractivity contribution < 1.29 is 9.53 Å². The fraction of sp³-hybridized carbons (Fsp3) is 0.211. The first-order chi connectivity index (χ1) is 12.4. The fourth-order valence-electron chi connectivity index (χ4n) is 2.77. The van der Waals surface area contributed by atoms with Crippen LogP contribution in [0.5, 0.6) is 5.75 Å². The van der Waals surface area contributed by atoms with Crippen LogP contribution in [0.25, 0.3) is 10.6 Å². The van der Waals surface area contributed by atoms with Gasteiger partial charge in [0.1, 0.15) is 10.8 Å². The topological polar surface area (TPSA) is 64.1 Å². The lowest BCUT2D eigenvalue weighted by Gasteiger charge is -2.09. The van der Waals surface area contributed by atoms with Crippen LogP contribution in [0.2, 0.25) is 5.02 Å². The summed E-state index contributed by atoms with van der Waals surface area (Å²) in [5, 5.41) is 12.6. The van der Waals surface area contributed by atoms with E-state index in [0.717, 1.165) is 33.0 Å². The van der Waals surface area contributed by atoms with Crippen LogP contribution in [0.4, 0.5) is 5.13 Å². The predicted molar refractivity (Wildman–Crippen MR) is 106 cm³/mol. The minimum atomic E-state index is -0.302. The molecule has 0 aliphatic heterocycles. The molecule has 7 heteroatoms. The second-order valence-corrected chi connectivity index (χ2v) is 7.30. The van der Waals surface area contributed by atoms with Crippen LogP contribution in [0.1, 0.15) is 27.0 Å². The average Bonchev–Trinajstić information content (AvgIpc) is 3.05. The number of aryl methyl sites for hydroxylation is 3. The molecular formula is C19H18ClN3O2S. The predicted octanol–water partition coefficient (Wildman–Crippen LogP) is 5.04. The molecule has 1 aromatic heterocycles. The lowest BCUT2D eigenvalue weighted by atomic mass is 10.1. The molecule has 0 saturated heterocycles. The molecule has 0 radical (unpaired) electrons. The molecule has 134 valence electrons. The number of carbonyl (C=O) groups excluding carboxylic acids is 1. The zero-order valence-corrected chi connectivity index (χ0v) is 16.5. The molecular weight excluding hydrogens is 370 g/mol. The smallest absolute Gasteiger partial charge is 0.259 e. The first-order valence-electron chi connectivity index (χ1n) is 7.96. The quantitative estimate of drug-likeness (QED) is 0.680. The molecule has 1 amide bonds. The minimum Gasteiger partial charge on any atom is -0.496 e. The molecule has 3 aromatic rings. The molecule has 0 unspecified atom stereocenters. The second-order valence-electron chi connectivity index (χ2n) is 5.95. The number of methoxy groups -OCH3 is 1. The van der Waals surface area contributed by atoms with E-state index in [1.54, 1.807) is 19.2 Å². The van der Waals surface area contributed by atoms with Gasteiger partial charge in [-0.2, -0.15) is 0 Å². The van der Waals surface area contributed by atoms with E-state index in [4.69, 9.17) is 16.3 Å². The second kappa shape index (κ2) is 7.43. The molecule has 5 nitrogen and oxygen atoms in total. The van der Waals surface area contributed by atoms with Gasteiger partial charge in [0, 0.05) is 5.56 Å². The third-order valence-corrected chi connectivity index (χ3v) is 5.38. The molecule has 0 spiro atoms. The summed E-state index contributed by atoms with van der Waals surface area (Å²) in [5.74, 6) is 0.560. The number of nitrogens with zero attached hydrogens (tertiary/aromatic N) is 2. The summed E-state index contributed by atoms with van der Waals surface area (Å²) >= 11 is 7.53. The highest BCUT2D eigenvalue weighted by Crippen LogP contribution is 2.33. The molecule has 0 atom stereocenters. The lowest BCUT2D eigenvalue weighted by molar-refractivity contribution is 0.102. The molecule has 26 heavy (non-hydrogen) atoms. The van der Waals surface area contributed by atoms with Gasteiger partial charge in [-0.1, -0.05) is 35.1 Å². The highest BCUT2D eigenvalue weighted by Gasteiger charge is 2.16. The van der Waals surface area contributed by atoms with Gasteiger partial charge in [-0.05, 0) is 55.7 Å². The summed E-state index contributed by atoms with van der Waals surface area (Å²) in [6.07, 6.45) is 0. The number of aromatic nitrogens is 2. The Hall–Kier alpha value is -2.44. The number of carbonyl (C=O) groups is 1. The average molecular weight is 388 g/mol. The van der Waals surface area contributed by atoms with Crippen molar-refractivity contribution in [1.82, 2.24) is 10.2 Å². The summed E-state index contributed by atoms with van der Waals surface area (Å²) in [6.45, 7) is 5.83. The number of anilines is 1. The van der Waals surface area contributed by atoms with E-state index in [-0.39, 0.29) is 5.91 Å². The standard InChI is InChI=1S/C19H18ClN3O2S/c1-10-6-5-7-14(15(10)20)17(24)21-19-23-22-18(26-19)13-8-11(2)16(25-4)12(3)9-13/h5-9H,1-4H3,(H,21,23,24). The third-order valence-electron chi connectivity index (χ3n) is 3.99. The van der Waals surface area contributed by atoms with Gasteiger partial charge >= 0.3 is 0 Å². The van der Waals surface area contributed by atoms with Gasteiger partial charge in [0.15, 0.2) is 0 Å². The van der Waals surface area contributed by atoms with Gasteiger partial charge in [-0.3, -0.25) is 10.1 Å². The number of hydrogen-bond acceptors (Lipinski definition) is 5. The van der Waals surface area contributed by atoms with Crippen molar-refractivity contribution in [3.63, 3.8) is 0 Å². The van der Waals surface area contributed by atoms with E-state index in [1.165, 1.54) is 11.3 Å². The molecule has 2 aromatic carbocycles. The Labute approximate surface area is 161 Å². The van der Waals surface area contributed by atoms with Gasteiger partial charge in [0.2, 0.25) is 5.13 Å². The minimum absolute atomic E-state index is 0.302. The van der Waals surface area contributed by atoms with Crippen molar-refractivity contribution in [2.75, 3.05) is 12.4 Å². The number of rotatable bonds is 4. The Kier molecular flexibility index (Phi) is 5.25. The van der Waals surface area contributed by atoms with Crippen LogP contribution >= 0.6 is 22.9 Å². The molecule has 0 fully saturated rings. The van der Waals surface area contributed by atoms with Crippen molar-refractivity contribution in [2.45, 2.75) is 20.8 Å². The van der Waals surface area contributed by atoms with Crippen LogP contribution in [-0.2, 0) is 0 Å². The van der Waals surface area contributed by atoms with Crippen molar-refractivity contribution in [1.29, 1.82) is 0 Å². The van der Waals surface area contributed by atoms with E-state index in [1.807, 2.05) is 39.0 Å².